The molecule has 0 fully saturated rings. The van der Waals surface area contributed by atoms with Crippen LogP contribution in [0.2, 0.25) is 0 Å². The highest BCUT2D eigenvalue weighted by molar-refractivity contribution is 6.05. The summed E-state index contributed by atoms with van der Waals surface area (Å²) in [5.74, 6) is 1.74. The number of hydrogen-bond donors (Lipinski definition) is 2. The van der Waals surface area contributed by atoms with Crippen molar-refractivity contribution < 1.29 is 14.3 Å². The lowest BCUT2D eigenvalue weighted by atomic mass is 10.1. The van der Waals surface area contributed by atoms with Gasteiger partial charge in [-0.2, -0.15) is 0 Å². The van der Waals surface area contributed by atoms with Crippen LogP contribution in [0.5, 0.6) is 11.5 Å². The first-order chi connectivity index (χ1) is 11.7. The Bertz CT molecular complexity index is 827. The van der Waals surface area contributed by atoms with Crippen molar-refractivity contribution in [1.29, 1.82) is 0 Å². The van der Waals surface area contributed by atoms with Crippen LogP contribution in [0.15, 0.2) is 54.9 Å². The molecule has 2 aromatic carbocycles. The first kappa shape index (κ1) is 15.6. The average molecular weight is 323 g/mol. The molecular formula is C18H17N3O3. The van der Waals surface area contributed by atoms with E-state index in [-0.39, 0.29) is 5.91 Å². The summed E-state index contributed by atoms with van der Waals surface area (Å²) in [6.45, 7) is 0. The van der Waals surface area contributed by atoms with Gasteiger partial charge in [-0.3, -0.25) is 4.79 Å². The Morgan fingerprint density at radius 1 is 1.08 bits per heavy atom. The second-order valence-corrected chi connectivity index (χ2v) is 5.04. The molecule has 6 heteroatoms. The number of rotatable bonds is 5. The van der Waals surface area contributed by atoms with Gasteiger partial charge in [-0.1, -0.05) is 12.1 Å². The van der Waals surface area contributed by atoms with E-state index in [2.05, 4.69) is 15.3 Å². The van der Waals surface area contributed by atoms with Gasteiger partial charge in [-0.25, -0.2) is 4.98 Å². The first-order valence-electron chi connectivity index (χ1n) is 7.34. The fourth-order valence-corrected chi connectivity index (χ4v) is 2.30. The van der Waals surface area contributed by atoms with Crippen LogP contribution >= 0.6 is 0 Å². The second kappa shape index (κ2) is 6.87. The SMILES string of the molecule is COc1ccc(NC(=O)c2ccc(-c3ncc[nH]3)cc2)c(OC)c1. The summed E-state index contributed by atoms with van der Waals surface area (Å²) in [7, 11) is 3.12. The summed E-state index contributed by atoms with van der Waals surface area (Å²) >= 11 is 0. The molecule has 24 heavy (non-hydrogen) atoms. The van der Waals surface area contributed by atoms with Gasteiger partial charge in [-0.15, -0.1) is 0 Å². The molecule has 0 atom stereocenters. The van der Waals surface area contributed by atoms with Gasteiger partial charge in [0.2, 0.25) is 0 Å². The maximum atomic E-state index is 12.4. The molecule has 0 saturated heterocycles. The van der Waals surface area contributed by atoms with Gasteiger partial charge in [0.1, 0.15) is 17.3 Å². The molecule has 2 N–H and O–H groups in total. The number of aromatic amines is 1. The zero-order chi connectivity index (χ0) is 16.9. The Hall–Kier alpha value is -3.28. The number of carbonyl (C=O) groups is 1. The molecule has 0 aliphatic heterocycles. The highest BCUT2D eigenvalue weighted by Crippen LogP contribution is 2.29. The molecule has 0 saturated carbocycles. The molecule has 1 aromatic heterocycles. The number of benzene rings is 2. The molecule has 0 aliphatic carbocycles. The molecule has 0 radical (unpaired) electrons. The lowest BCUT2D eigenvalue weighted by Crippen LogP contribution is -2.12. The molecule has 1 amide bonds. The summed E-state index contributed by atoms with van der Waals surface area (Å²) in [5.41, 5.74) is 2.04. The number of nitrogens with zero attached hydrogens (tertiary/aromatic N) is 1. The van der Waals surface area contributed by atoms with E-state index >= 15 is 0 Å². The minimum Gasteiger partial charge on any atom is -0.497 e. The van der Waals surface area contributed by atoms with Crippen molar-refractivity contribution in [2.24, 2.45) is 0 Å². The van der Waals surface area contributed by atoms with Gasteiger partial charge in [-0.05, 0) is 24.3 Å². The van der Waals surface area contributed by atoms with Crippen LogP contribution in [0.3, 0.4) is 0 Å². The van der Waals surface area contributed by atoms with Crippen molar-refractivity contribution in [3.63, 3.8) is 0 Å². The molecule has 6 nitrogen and oxygen atoms in total. The Morgan fingerprint density at radius 2 is 1.88 bits per heavy atom. The standard InChI is InChI=1S/C18H17N3O3/c1-23-14-7-8-15(16(11-14)24-2)21-18(22)13-5-3-12(4-6-13)17-19-9-10-20-17/h3-11H,1-2H3,(H,19,20)(H,21,22). The van der Waals surface area contributed by atoms with E-state index in [9.17, 15) is 4.79 Å². The summed E-state index contributed by atoms with van der Waals surface area (Å²) in [5, 5.41) is 2.84. The third-order valence-corrected chi connectivity index (χ3v) is 3.58. The van der Waals surface area contributed by atoms with Crippen molar-refractivity contribution in [3.05, 3.63) is 60.4 Å². The molecular weight excluding hydrogens is 306 g/mol. The maximum absolute atomic E-state index is 12.4. The van der Waals surface area contributed by atoms with Crippen molar-refractivity contribution in [2.45, 2.75) is 0 Å². The van der Waals surface area contributed by atoms with Gasteiger partial charge in [0, 0.05) is 29.6 Å². The van der Waals surface area contributed by atoms with Crippen LogP contribution in [-0.4, -0.2) is 30.1 Å². The Morgan fingerprint density at radius 3 is 2.50 bits per heavy atom. The number of hydrogen-bond acceptors (Lipinski definition) is 4. The number of aromatic nitrogens is 2. The molecule has 0 aliphatic rings. The normalized spacial score (nSPS) is 10.2. The van der Waals surface area contributed by atoms with Gasteiger partial charge in [0.05, 0.1) is 19.9 Å². The minimum atomic E-state index is -0.218. The number of methoxy groups -OCH3 is 2. The van der Waals surface area contributed by atoms with Gasteiger partial charge in [0.15, 0.2) is 0 Å². The first-order valence-corrected chi connectivity index (χ1v) is 7.34. The quantitative estimate of drug-likeness (QED) is 0.755. The van der Waals surface area contributed by atoms with Crippen LogP contribution in [-0.2, 0) is 0 Å². The van der Waals surface area contributed by atoms with E-state index in [4.69, 9.17) is 9.47 Å². The maximum Gasteiger partial charge on any atom is 0.255 e. The Balaban J connectivity index is 1.77. The molecule has 1 heterocycles. The van der Waals surface area contributed by atoms with Crippen LogP contribution < -0.4 is 14.8 Å². The number of carbonyl (C=O) groups excluding carboxylic acids is 1. The zero-order valence-electron chi connectivity index (χ0n) is 13.4. The number of nitrogens with one attached hydrogen (secondary N) is 2. The predicted molar refractivity (Wildman–Crippen MR) is 91.5 cm³/mol. The van der Waals surface area contributed by atoms with Crippen molar-refractivity contribution >= 4 is 11.6 Å². The van der Waals surface area contributed by atoms with Crippen molar-refractivity contribution in [3.8, 4) is 22.9 Å². The van der Waals surface area contributed by atoms with E-state index in [1.807, 2.05) is 12.1 Å². The highest BCUT2D eigenvalue weighted by Gasteiger charge is 2.11. The largest absolute Gasteiger partial charge is 0.497 e. The fourth-order valence-electron chi connectivity index (χ4n) is 2.30. The number of imidazole rings is 1. The number of anilines is 1. The monoisotopic (exact) mass is 323 g/mol. The van der Waals surface area contributed by atoms with Crippen molar-refractivity contribution in [1.82, 2.24) is 9.97 Å². The number of H-pyrrole nitrogens is 1. The fraction of sp³-hybridized carbons (Fsp3) is 0.111. The number of amides is 1. The Labute approximate surface area is 139 Å². The summed E-state index contributed by atoms with van der Waals surface area (Å²) in [4.78, 5) is 19.6. The summed E-state index contributed by atoms with van der Waals surface area (Å²) in [6.07, 6.45) is 3.44. The third kappa shape index (κ3) is 3.22. The lowest BCUT2D eigenvalue weighted by molar-refractivity contribution is 0.102. The van der Waals surface area contributed by atoms with Gasteiger partial charge in [0.25, 0.3) is 5.91 Å². The Kier molecular flexibility index (Phi) is 4.47. The number of ether oxygens (including phenoxy) is 2. The summed E-state index contributed by atoms with van der Waals surface area (Å²) in [6, 6.07) is 12.4. The van der Waals surface area contributed by atoms with Gasteiger partial charge >= 0.3 is 0 Å². The smallest absolute Gasteiger partial charge is 0.255 e. The molecule has 3 aromatic rings. The summed E-state index contributed by atoms with van der Waals surface area (Å²) < 4.78 is 10.4. The molecule has 3 rings (SSSR count). The average Bonchev–Trinajstić information content (AvgIpc) is 3.16. The topological polar surface area (TPSA) is 76.2 Å². The predicted octanol–water partition coefficient (Wildman–Crippen LogP) is 3.35. The van der Waals surface area contributed by atoms with E-state index in [0.717, 1.165) is 11.4 Å². The minimum absolute atomic E-state index is 0.218. The van der Waals surface area contributed by atoms with Crippen molar-refractivity contribution in [2.75, 3.05) is 19.5 Å². The van der Waals surface area contributed by atoms with E-state index in [1.54, 1.807) is 56.9 Å². The molecule has 0 spiro atoms. The van der Waals surface area contributed by atoms with Crippen LogP contribution in [0.1, 0.15) is 10.4 Å². The van der Waals surface area contributed by atoms with E-state index in [1.165, 1.54) is 0 Å². The third-order valence-electron chi connectivity index (χ3n) is 3.58. The molecule has 122 valence electrons. The molecule has 0 unspecified atom stereocenters. The highest BCUT2D eigenvalue weighted by atomic mass is 16.5. The zero-order valence-corrected chi connectivity index (χ0v) is 13.4. The van der Waals surface area contributed by atoms with E-state index < -0.39 is 0 Å². The van der Waals surface area contributed by atoms with Crippen LogP contribution in [0.4, 0.5) is 5.69 Å². The van der Waals surface area contributed by atoms with E-state index in [0.29, 0.717) is 22.7 Å². The molecule has 0 bridgehead atoms. The second-order valence-electron chi connectivity index (χ2n) is 5.04. The lowest BCUT2D eigenvalue weighted by Gasteiger charge is -2.11. The van der Waals surface area contributed by atoms with Gasteiger partial charge < -0.3 is 19.8 Å². The van der Waals surface area contributed by atoms with Crippen LogP contribution in [0.25, 0.3) is 11.4 Å². The van der Waals surface area contributed by atoms with Crippen LogP contribution in [0, 0.1) is 0 Å².